The Kier molecular flexibility index (Phi) is 4.63. The van der Waals surface area contributed by atoms with Crippen LogP contribution in [0, 0.1) is 0 Å². The van der Waals surface area contributed by atoms with E-state index in [-0.39, 0.29) is 16.4 Å². The molecule has 1 heterocycles. The van der Waals surface area contributed by atoms with Gasteiger partial charge in [0.05, 0.1) is 25.3 Å². The summed E-state index contributed by atoms with van der Waals surface area (Å²) in [6, 6.07) is 4.76. The van der Waals surface area contributed by atoms with Crippen molar-refractivity contribution in [2.45, 2.75) is 9.79 Å². The number of hydrogen-bond donors (Lipinski definition) is 2. The van der Waals surface area contributed by atoms with Gasteiger partial charge in [-0.15, -0.1) is 11.8 Å². The van der Waals surface area contributed by atoms with Gasteiger partial charge in [0.1, 0.15) is 17.3 Å². The first-order valence-electron chi connectivity index (χ1n) is 5.84. The van der Waals surface area contributed by atoms with Crippen molar-refractivity contribution in [3.8, 4) is 11.5 Å². The number of benzene rings is 1. The molecule has 7 nitrogen and oxygen atoms in total. The van der Waals surface area contributed by atoms with Crippen LogP contribution in [-0.2, 0) is 10.0 Å². The Bertz CT molecular complexity index is 706. The zero-order valence-corrected chi connectivity index (χ0v) is 13.3. The van der Waals surface area contributed by atoms with E-state index in [2.05, 4.69) is 14.9 Å². The Morgan fingerprint density at radius 2 is 1.86 bits per heavy atom. The molecule has 2 aromatic rings. The number of rotatable bonds is 6. The second kappa shape index (κ2) is 6.27. The molecule has 0 bridgehead atoms. The molecule has 0 aliphatic carbocycles. The van der Waals surface area contributed by atoms with E-state index in [4.69, 9.17) is 9.47 Å². The van der Waals surface area contributed by atoms with Crippen LogP contribution in [-0.4, -0.2) is 39.1 Å². The van der Waals surface area contributed by atoms with Crippen LogP contribution in [0.4, 0.5) is 5.82 Å². The van der Waals surface area contributed by atoms with Gasteiger partial charge in [0.25, 0.3) is 10.0 Å². The highest BCUT2D eigenvalue weighted by molar-refractivity contribution is 7.99. The maximum absolute atomic E-state index is 12.6. The van der Waals surface area contributed by atoms with Gasteiger partial charge in [-0.2, -0.15) is 5.10 Å². The monoisotopic (exact) mass is 329 g/mol. The van der Waals surface area contributed by atoms with Crippen molar-refractivity contribution in [3.05, 3.63) is 24.4 Å². The lowest BCUT2D eigenvalue weighted by molar-refractivity contribution is 0.373. The van der Waals surface area contributed by atoms with E-state index >= 15 is 0 Å². The second-order valence-electron chi connectivity index (χ2n) is 3.91. The Labute approximate surface area is 127 Å². The zero-order valence-electron chi connectivity index (χ0n) is 11.7. The van der Waals surface area contributed by atoms with Crippen LogP contribution in [0.1, 0.15) is 0 Å². The fourth-order valence-electron chi connectivity index (χ4n) is 1.77. The molecular weight excluding hydrogens is 314 g/mol. The summed E-state index contributed by atoms with van der Waals surface area (Å²) in [5, 5.41) is 6.44. The minimum Gasteiger partial charge on any atom is -0.495 e. The molecule has 9 heteroatoms. The molecular formula is C12H15N3O4S2. The number of thioether (sulfide) groups is 1. The van der Waals surface area contributed by atoms with E-state index in [0.29, 0.717) is 10.7 Å². The van der Waals surface area contributed by atoms with Gasteiger partial charge >= 0.3 is 0 Å². The summed E-state index contributed by atoms with van der Waals surface area (Å²) in [4.78, 5) is 0.629. The first-order chi connectivity index (χ1) is 10.0. The molecule has 0 aliphatic rings. The number of sulfonamides is 1. The van der Waals surface area contributed by atoms with Gasteiger partial charge in [-0.1, -0.05) is 6.07 Å². The lowest BCUT2D eigenvalue weighted by Crippen LogP contribution is -2.16. The predicted molar refractivity (Wildman–Crippen MR) is 80.7 cm³/mol. The lowest BCUT2D eigenvalue weighted by atomic mass is 10.3. The molecule has 0 amide bonds. The Hall–Kier alpha value is -1.87. The quantitative estimate of drug-likeness (QED) is 0.787. The Balaban J connectivity index is 2.49. The fourth-order valence-corrected chi connectivity index (χ4v) is 3.65. The number of ether oxygens (including phenoxy) is 2. The van der Waals surface area contributed by atoms with Crippen molar-refractivity contribution in [2.24, 2.45) is 0 Å². The van der Waals surface area contributed by atoms with Crippen molar-refractivity contribution in [2.75, 3.05) is 25.2 Å². The van der Waals surface area contributed by atoms with E-state index in [9.17, 15) is 8.42 Å². The van der Waals surface area contributed by atoms with Crippen LogP contribution in [0.25, 0.3) is 0 Å². The van der Waals surface area contributed by atoms with E-state index in [1.54, 1.807) is 24.4 Å². The first kappa shape index (κ1) is 15.5. The number of nitrogens with one attached hydrogen (secondary N) is 2. The van der Waals surface area contributed by atoms with Crippen molar-refractivity contribution in [1.29, 1.82) is 0 Å². The van der Waals surface area contributed by atoms with Gasteiger partial charge in [-0.3, -0.25) is 9.82 Å². The Morgan fingerprint density at radius 3 is 2.38 bits per heavy atom. The highest BCUT2D eigenvalue weighted by Gasteiger charge is 2.26. The lowest BCUT2D eigenvalue weighted by Gasteiger charge is -2.14. The number of hydrogen-bond acceptors (Lipinski definition) is 6. The van der Waals surface area contributed by atoms with Crippen molar-refractivity contribution >= 4 is 27.6 Å². The third kappa shape index (κ3) is 3.08. The van der Waals surface area contributed by atoms with Crippen LogP contribution in [0.3, 0.4) is 0 Å². The van der Waals surface area contributed by atoms with Crippen molar-refractivity contribution in [1.82, 2.24) is 10.2 Å². The highest BCUT2D eigenvalue weighted by Crippen LogP contribution is 2.35. The minimum atomic E-state index is -3.89. The molecule has 0 unspecified atom stereocenters. The summed E-state index contributed by atoms with van der Waals surface area (Å²) in [6.45, 7) is 0. The average Bonchev–Trinajstić information content (AvgIpc) is 2.92. The molecule has 0 aliphatic heterocycles. The fraction of sp³-hybridized carbons (Fsp3) is 0.250. The third-order valence-corrected chi connectivity index (χ3v) is 4.87. The number of anilines is 1. The molecule has 0 radical (unpaired) electrons. The number of aromatic nitrogens is 2. The first-order valence-corrected chi connectivity index (χ1v) is 8.55. The zero-order chi connectivity index (χ0) is 15.5. The molecule has 0 atom stereocenters. The largest absolute Gasteiger partial charge is 0.495 e. The molecule has 114 valence electrons. The van der Waals surface area contributed by atoms with Crippen molar-refractivity contribution < 1.29 is 17.9 Å². The Morgan fingerprint density at radius 1 is 1.24 bits per heavy atom. The molecule has 2 rings (SSSR count). The topological polar surface area (TPSA) is 93.3 Å². The van der Waals surface area contributed by atoms with Crippen LogP contribution < -0.4 is 14.2 Å². The molecule has 1 aromatic carbocycles. The van der Waals surface area contributed by atoms with E-state index in [1.807, 2.05) is 6.26 Å². The van der Waals surface area contributed by atoms with E-state index in [0.717, 1.165) is 0 Å². The smallest absolute Gasteiger partial charge is 0.270 e. The van der Waals surface area contributed by atoms with Crippen molar-refractivity contribution in [3.63, 3.8) is 0 Å². The molecule has 0 fully saturated rings. The normalized spacial score (nSPS) is 11.2. The molecule has 0 spiro atoms. The number of H-pyrrole nitrogens is 1. The van der Waals surface area contributed by atoms with E-state index < -0.39 is 10.0 Å². The summed E-state index contributed by atoms with van der Waals surface area (Å²) < 4.78 is 37.9. The summed E-state index contributed by atoms with van der Waals surface area (Å²) >= 11 is 1.37. The summed E-state index contributed by atoms with van der Waals surface area (Å²) in [5.74, 6) is 0.703. The molecule has 2 N–H and O–H groups in total. The highest BCUT2D eigenvalue weighted by atomic mass is 32.2. The molecule has 21 heavy (non-hydrogen) atoms. The summed E-state index contributed by atoms with van der Waals surface area (Å²) in [6.07, 6.45) is 3.37. The average molecular weight is 329 g/mol. The van der Waals surface area contributed by atoms with Gasteiger partial charge < -0.3 is 9.47 Å². The number of nitrogens with zero attached hydrogens (tertiary/aromatic N) is 1. The van der Waals surface area contributed by atoms with Crippen LogP contribution in [0.15, 0.2) is 34.2 Å². The van der Waals surface area contributed by atoms with E-state index in [1.165, 1.54) is 26.0 Å². The minimum absolute atomic E-state index is 0.0587. The molecule has 0 saturated carbocycles. The molecule has 0 saturated heterocycles. The SMILES string of the molecule is COc1cccc(OC)c1S(=O)(=O)Nc1[nH]ncc1SC. The predicted octanol–water partition coefficient (Wildman–Crippen LogP) is 1.95. The van der Waals surface area contributed by atoms with Crippen LogP contribution >= 0.6 is 11.8 Å². The maximum atomic E-state index is 12.6. The van der Waals surface area contributed by atoms with Gasteiger partial charge in [0, 0.05) is 0 Å². The van der Waals surface area contributed by atoms with Gasteiger partial charge in [-0.05, 0) is 18.4 Å². The van der Waals surface area contributed by atoms with Gasteiger partial charge in [0.2, 0.25) is 0 Å². The van der Waals surface area contributed by atoms with Crippen LogP contribution in [0.5, 0.6) is 11.5 Å². The standard InChI is InChI=1S/C12H15N3O4S2/c1-18-8-5-4-6-9(19-2)11(8)21(16,17)15-12-10(20-3)7-13-14-12/h4-7H,1-3H3,(H2,13,14,15). The second-order valence-corrected chi connectivity index (χ2v) is 6.38. The van der Waals surface area contributed by atoms with Crippen LogP contribution in [0.2, 0.25) is 0 Å². The molecule has 1 aromatic heterocycles. The number of aromatic amines is 1. The number of methoxy groups -OCH3 is 2. The van der Waals surface area contributed by atoms with Gasteiger partial charge in [0.15, 0.2) is 4.90 Å². The third-order valence-electron chi connectivity index (χ3n) is 2.71. The summed E-state index contributed by atoms with van der Waals surface area (Å²) in [7, 11) is -1.09. The maximum Gasteiger partial charge on any atom is 0.270 e. The van der Waals surface area contributed by atoms with Gasteiger partial charge in [-0.25, -0.2) is 8.42 Å². The summed E-state index contributed by atoms with van der Waals surface area (Å²) in [5.41, 5.74) is 0.